The molecule has 1 aliphatic rings. The minimum Gasteiger partial charge on any atom is -0.497 e. The molecular formula is C19H21N2OS+. The zero-order chi connectivity index (χ0) is 16.2. The van der Waals surface area contributed by atoms with E-state index in [1.807, 2.05) is 12.1 Å². The number of hydrogen-bond donors (Lipinski definition) is 0. The van der Waals surface area contributed by atoms with Crippen molar-refractivity contribution in [3.8, 4) is 5.75 Å². The molecule has 0 atom stereocenters. The van der Waals surface area contributed by atoms with Crippen LogP contribution in [0.1, 0.15) is 18.2 Å². The zero-order valence-corrected chi connectivity index (χ0v) is 14.5. The highest BCUT2D eigenvalue weighted by molar-refractivity contribution is 8.12. The number of nitrogens with zero attached hydrogens (tertiary/aromatic N) is 2. The van der Waals surface area contributed by atoms with Gasteiger partial charge in [0.25, 0.3) is 0 Å². The number of aryl methyl sites for hydroxylation is 1. The summed E-state index contributed by atoms with van der Waals surface area (Å²) in [6, 6.07) is 14.5. The van der Waals surface area contributed by atoms with E-state index in [9.17, 15) is 0 Å². The number of hydrogen-bond acceptors (Lipinski definition) is 3. The number of ether oxygens (including phenoxy) is 1. The average Bonchev–Trinajstić information content (AvgIpc) is 2.96. The Labute approximate surface area is 141 Å². The van der Waals surface area contributed by atoms with Crippen LogP contribution in [0.3, 0.4) is 0 Å². The van der Waals surface area contributed by atoms with Gasteiger partial charge in [0.15, 0.2) is 6.20 Å². The number of benzene rings is 1. The fourth-order valence-electron chi connectivity index (χ4n) is 2.51. The van der Waals surface area contributed by atoms with E-state index >= 15 is 0 Å². The molecule has 0 saturated heterocycles. The fourth-order valence-corrected chi connectivity index (χ4v) is 3.57. The molecule has 2 heterocycles. The van der Waals surface area contributed by atoms with Crippen LogP contribution in [0.2, 0.25) is 0 Å². The standard InChI is InChI=1S/C19H21N2OS/c1-4-21-12-6-5-7-16(21)13-19-20(2)14-18(23-19)15-8-10-17(22-3)11-9-15/h5-14H,4H2,1-3H3/q+1. The molecule has 0 saturated carbocycles. The molecule has 0 aliphatic carbocycles. The first-order chi connectivity index (χ1) is 11.2. The van der Waals surface area contributed by atoms with Gasteiger partial charge in [-0.1, -0.05) is 23.9 Å². The third kappa shape index (κ3) is 3.42. The molecule has 1 aromatic carbocycles. The van der Waals surface area contributed by atoms with Crippen LogP contribution >= 0.6 is 11.8 Å². The van der Waals surface area contributed by atoms with Crippen molar-refractivity contribution in [1.82, 2.24) is 4.90 Å². The Balaban J connectivity index is 1.84. The van der Waals surface area contributed by atoms with Gasteiger partial charge in [-0.25, -0.2) is 0 Å². The Morgan fingerprint density at radius 1 is 1.17 bits per heavy atom. The maximum absolute atomic E-state index is 5.23. The molecule has 0 spiro atoms. The van der Waals surface area contributed by atoms with Crippen LogP contribution in [0.15, 0.2) is 59.9 Å². The largest absolute Gasteiger partial charge is 0.497 e. The average molecular weight is 325 g/mol. The van der Waals surface area contributed by atoms with Gasteiger partial charge in [-0.15, -0.1) is 0 Å². The second-order valence-corrected chi connectivity index (χ2v) is 6.39. The Hall–Kier alpha value is -2.20. The van der Waals surface area contributed by atoms with Gasteiger partial charge in [0.2, 0.25) is 5.69 Å². The van der Waals surface area contributed by atoms with Crippen LogP contribution in [0.25, 0.3) is 11.0 Å². The van der Waals surface area contributed by atoms with E-state index in [1.54, 1.807) is 18.9 Å². The molecule has 4 heteroatoms. The second kappa shape index (κ2) is 6.92. The lowest BCUT2D eigenvalue weighted by molar-refractivity contribution is -0.695. The highest BCUT2D eigenvalue weighted by Gasteiger charge is 2.19. The lowest BCUT2D eigenvalue weighted by Gasteiger charge is -2.09. The molecule has 23 heavy (non-hydrogen) atoms. The van der Waals surface area contributed by atoms with E-state index in [0.29, 0.717) is 0 Å². The minimum absolute atomic E-state index is 0.884. The lowest BCUT2D eigenvalue weighted by atomic mass is 10.2. The van der Waals surface area contributed by atoms with E-state index in [-0.39, 0.29) is 0 Å². The summed E-state index contributed by atoms with van der Waals surface area (Å²) in [4.78, 5) is 3.43. The third-order valence-electron chi connectivity index (χ3n) is 3.84. The van der Waals surface area contributed by atoms with Crippen LogP contribution in [0, 0.1) is 0 Å². The van der Waals surface area contributed by atoms with Gasteiger partial charge in [0.1, 0.15) is 12.3 Å². The maximum Gasteiger partial charge on any atom is 0.207 e. The summed E-state index contributed by atoms with van der Waals surface area (Å²) >= 11 is 1.79. The number of methoxy groups -OCH3 is 1. The molecule has 0 N–H and O–H groups in total. The van der Waals surface area contributed by atoms with Crippen LogP contribution in [-0.2, 0) is 6.54 Å². The normalized spacial score (nSPS) is 15.9. The van der Waals surface area contributed by atoms with Crippen molar-refractivity contribution in [3.63, 3.8) is 0 Å². The Morgan fingerprint density at radius 2 is 1.96 bits per heavy atom. The first-order valence-corrected chi connectivity index (χ1v) is 8.50. The van der Waals surface area contributed by atoms with Crippen LogP contribution < -0.4 is 9.30 Å². The van der Waals surface area contributed by atoms with Gasteiger partial charge in [0, 0.05) is 36.4 Å². The van der Waals surface area contributed by atoms with Gasteiger partial charge in [0.05, 0.1) is 12.1 Å². The first kappa shape index (κ1) is 15.7. The van der Waals surface area contributed by atoms with E-state index < -0.39 is 0 Å². The molecule has 1 aliphatic heterocycles. The first-order valence-electron chi connectivity index (χ1n) is 7.68. The highest BCUT2D eigenvalue weighted by atomic mass is 32.2. The Morgan fingerprint density at radius 3 is 2.65 bits per heavy atom. The van der Waals surface area contributed by atoms with Crippen molar-refractivity contribution in [3.05, 3.63) is 71.1 Å². The van der Waals surface area contributed by atoms with E-state index in [4.69, 9.17) is 4.74 Å². The molecular weight excluding hydrogens is 304 g/mol. The third-order valence-corrected chi connectivity index (χ3v) is 5.01. The zero-order valence-electron chi connectivity index (χ0n) is 13.7. The van der Waals surface area contributed by atoms with Gasteiger partial charge >= 0.3 is 0 Å². The quantitative estimate of drug-likeness (QED) is 0.791. The van der Waals surface area contributed by atoms with Crippen LogP contribution in [0.5, 0.6) is 5.75 Å². The number of thioether (sulfide) groups is 1. The molecule has 118 valence electrons. The predicted molar refractivity (Wildman–Crippen MR) is 96.6 cm³/mol. The van der Waals surface area contributed by atoms with Gasteiger partial charge in [-0.3, -0.25) is 0 Å². The van der Waals surface area contributed by atoms with Crippen LogP contribution in [-0.4, -0.2) is 19.1 Å². The molecule has 0 fully saturated rings. The lowest BCUT2D eigenvalue weighted by Crippen LogP contribution is -2.35. The maximum atomic E-state index is 5.23. The summed E-state index contributed by atoms with van der Waals surface area (Å²) in [5, 5.41) is 1.23. The predicted octanol–water partition coefficient (Wildman–Crippen LogP) is 3.98. The number of aromatic nitrogens is 1. The van der Waals surface area contributed by atoms with Crippen molar-refractivity contribution in [2.45, 2.75) is 13.5 Å². The molecule has 0 unspecified atom stereocenters. The van der Waals surface area contributed by atoms with Crippen molar-refractivity contribution in [1.29, 1.82) is 0 Å². The summed E-state index contributed by atoms with van der Waals surface area (Å²) in [6.07, 6.45) is 6.53. The fraction of sp³-hybridized carbons (Fsp3) is 0.211. The molecule has 0 radical (unpaired) electrons. The SMILES string of the molecule is CC[n+]1ccccc1/C=C1\SC(c2ccc(OC)cc2)=CN1C. The van der Waals surface area contributed by atoms with E-state index in [2.05, 4.69) is 72.2 Å². The number of pyridine rings is 1. The summed E-state index contributed by atoms with van der Waals surface area (Å²) in [5.74, 6) is 0.884. The molecule has 3 nitrogen and oxygen atoms in total. The Kier molecular flexibility index (Phi) is 4.72. The number of rotatable bonds is 4. The van der Waals surface area contributed by atoms with Gasteiger partial charge < -0.3 is 9.64 Å². The Bertz CT molecular complexity index is 750. The summed E-state index contributed by atoms with van der Waals surface area (Å²) < 4.78 is 7.47. The topological polar surface area (TPSA) is 16.4 Å². The van der Waals surface area contributed by atoms with Crippen molar-refractivity contribution >= 4 is 22.7 Å². The molecule has 2 aromatic rings. The van der Waals surface area contributed by atoms with Crippen molar-refractivity contribution in [2.75, 3.05) is 14.2 Å². The van der Waals surface area contributed by atoms with Gasteiger partial charge in [-0.05, 0) is 30.7 Å². The van der Waals surface area contributed by atoms with E-state index in [0.717, 1.165) is 12.3 Å². The smallest absolute Gasteiger partial charge is 0.207 e. The summed E-state index contributed by atoms with van der Waals surface area (Å²) in [7, 11) is 3.78. The monoisotopic (exact) mass is 325 g/mol. The molecule has 0 bridgehead atoms. The second-order valence-electron chi connectivity index (χ2n) is 5.33. The van der Waals surface area contributed by atoms with Gasteiger partial charge in [-0.2, -0.15) is 4.57 Å². The molecule has 0 amide bonds. The van der Waals surface area contributed by atoms with Crippen LogP contribution in [0.4, 0.5) is 0 Å². The molecule has 1 aromatic heterocycles. The van der Waals surface area contributed by atoms with E-state index in [1.165, 1.54) is 21.2 Å². The van der Waals surface area contributed by atoms with Crippen molar-refractivity contribution in [2.24, 2.45) is 0 Å². The summed E-state index contributed by atoms with van der Waals surface area (Å²) in [5.41, 5.74) is 2.43. The van der Waals surface area contributed by atoms with Crippen molar-refractivity contribution < 1.29 is 9.30 Å². The highest BCUT2D eigenvalue weighted by Crippen LogP contribution is 2.42. The molecule has 3 rings (SSSR count). The summed E-state index contributed by atoms with van der Waals surface area (Å²) in [6.45, 7) is 3.13. The minimum atomic E-state index is 0.884.